The molecule has 1 N–H and O–H groups in total. The van der Waals surface area contributed by atoms with Gasteiger partial charge in [-0.2, -0.15) is 0 Å². The average molecular weight is 300 g/mol. The Morgan fingerprint density at radius 3 is 2.79 bits per heavy atom. The quantitative estimate of drug-likeness (QED) is 0.901. The van der Waals surface area contributed by atoms with Crippen LogP contribution in [-0.2, 0) is 16.6 Å². The fourth-order valence-electron chi connectivity index (χ4n) is 2.78. The first-order valence-corrected chi connectivity index (χ1v) is 8.82. The Labute approximate surface area is 123 Å². The molecule has 2 nitrogen and oxygen atoms in total. The van der Waals surface area contributed by atoms with Crippen molar-refractivity contribution in [3.8, 4) is 0 Å². The molecule has 2 rings (SSSR count). The maximum absolute atomic E-state index is 12.6. The first kappa shape index (κ1) is 15.0. The van der Waals surface area contributed by atoms with Gasteiger partial charge in [0.1, 0.15) is 0 Å². The molecule has 1 aromatic carbocycles. The van der Waals surface area contributed by atoms with Crippen molar-refractivity contribution in [3.05, 3.63) is 34.9 Å². The standard InChI is InChI=1S/C15H22ClNOS/c1-2-17-14-9-5-6-10-15(14)19(18)11-12-7-3-4-8-13(12)16/h3-4,7-8,14-15,17H,2,5-6,9-11H2,1H3. The van der Waals surface area contributed by atoms with E-state index in [1.807, 2.05) is 24.3 Å². The monoisotopic (exact) mass is 299 g/mol. The molecule has 1 fully saturated rings. The molecule has 0 heterocycles. The van der Waals surface area contributed by atoms with Gasteiger partial charge in [-0.3, -0.25) is 4.21 Å². The van der Waals surface area contributed by atoms with Gasteiger partial charge in [0, 0.05) is 21.9 Å². The maximum Gasteiger partial charge on any atom is 0.0504 e. The summed E-state index contributed by atoms with van der Waals surface area (Å²) in [5.74, 6) is 0.576. The van der Waals surface area contributed by atoms with Crippen LogP contribution in [0, 0.1) is 0 Å². The molecule has 1 aliphatic rings. The van der Waals surface area contributed by atoms with Gasteiger partial charge in [-0.05, 0) is 31.0 Å². The van der Waals surface area contributed by atoms with E-state index in [0.717, 1.165) is 30.0 Å². The second-order valence-electron chi connectivity index (χ2n) is 5.10. The van der Waals surface area contributed by atoms with Crippen molar-refractivity contribution in [2.75, 3.05) is 6.54 Å². The maximum atomic E-state index is 12.6. The van der Waals surface area contributed by atoms with Gasteiger partial charge in [0.05, 0.1) is 11.0 Å². The molecule has 0 spiro atoms. The number of nitrogens with one attached hydrogen (secondary N) is 1. The molecule has 0 aromatic heterocycles. The third kappa shape index (κ3) is 4.04. The van der Waals surface area contributed by atoms with Crippen LogP contribution in [0.25, 0.3) is 0 Å². The van der Waals surface area contributed by atoms with E-state index in [9.17, 15) is 4.21 Å². The molecule has 0 saturated heterocycles. The Balaban J connectivity index is 2.03. The molecule has 1 saturated carbocycles. The second kappa shape index (κ2) is 7.41. The minimum absolute atomic E-state index is 0.268. The summed E-state index contributed by atoms with van der Waals surface area (Å²) in [4.78, 5) is 0. The lowest BCUT2D eigenvalue weighted by atomic mass is 9.95. The van der Waals surface area contributed by atoms with Crippen molar-refractivity contribution >= 4 is 22.4 Å². The number of hydrogen-bond donors (Lipinski definition) is 1. The molecule has 19 heavy (non-hydrogen) atoms. The topological polar surface area (TPSA) is 29.1 Å². The van der Waals surface area contributed by atoms with Crippen LogP contribution in [0.1, 0.15) is 38.2 Å². The smallest absolute Gasteiger partial charge is 0.0504 e. The molecule has 0 aliphatic heterocycles. The lowest BCUT2D eigenvalue weighted by Crippen LogP contribution is -2.44. The van der Waals surface area contributed by atoms with Crippen molar-refractivity contribution in [2.24, 2.45) is 0 Å². The third-order valence-electron chi connectivity index (χ3n) is 3.76. The zero-order chi connectivity index (χ0) is 13.7. The van der Waals surface area contributed by atoms with Crippen LogP contribution in [-0.4, -0.2) is 22.0 Å². The molecular formula is C15H22ClNOS. The highest BCUT2D eigenvalue weighted by atomic mass is 35.5. The van der Waals surface area contributed by atoms with Crippen LogP contribution in [0.2, 0.25) is 5.02 Å². The Morgan fingerprint density at radius 1 is 1.32 bits per heavy atom. The van der Waals surface area contributed by atoms with Crippen molar-refractivity contribution in [2.45, 2.75) is 49.7 Å². The summed E-state index contributed by atoms with van der Waals surface area (Å²) in [5.41, 5.74) is 1.00. The summed E-state index contributed by atoms with van der Waals surface area (Å²) in [6.07, 6.45) is 4.65. The normalized spacial score (nSPS) is 25.2. The number of hydrogen-bond acceptors (Lipinski definition) is 2. The van der Waals surface area contributed by atoms with Gasteiger partial charge in [0.2, 0.25) is 0 Å². The minimum Gasteiger partial charge on any atom is -0.313 e. The summed E-state index contributed by atoms with van der Waals surface area (Å²) in [7, 11) is -0.846. The molecule has 1 aromatic rings. The molecule has 0 amide bonds. The predicted octanol–water partition coefficient (Wildman–Crippen LogP) is 3.51. The first-order valence-electron chi connectivity index (χ1n) is 7.06. The molecule has 1 aliphatic carbocycles. The Kier molecular flexibility index (Phi) is 5.86. The molecular weight excluding hydrogens is 278 g/mol. The van der Waals surface area contributed by atoms with Gasteiger partial charge in [0.25, 0.3) is 0 Å². The average Bonchev–Trinajstić information content (AvgIpc) is 2.42. The fraction of sp³-hybridized carbons (Fsp3) is 0.600. The highest BCUT2D eigenvalue weighted by Gasteiger charge is 2.29. The van der Waals surface area contributed by atoms with Crippen molar-refractivity contribution in [3.63, 3.8) is 0 Å². The lowest BCUT2D eigenvalue weighted by Gasteiger charge is -2.31. The van der Waals surface area contributed by atoms with E-state index in [2.05, 4.69) is 12.2 Å². The molecule has 3 unspecified atom stereocenters. The van der Waals surface area contributed by atoms with Crippen molar-refractivity contribution < 1.29 is 4.21 Å². The Bertz CT molecular complexity index is 436. The van der Waals surface area contributed by atoms with E-state index in [1.54, 1.807) is 0 Å². The van der Waals surface area contributed by atoms with E-state index >= 15 is 0 Å². The summed E-state index contributed by atoms with van der Waals surface area (Å²) >= 11 is 6.15. The summed E-state index contributed by atoms with van der Waals surface area (Å²) in [6.45, 7) is 3.06. The number of benzene rings is 1. The van der Waals surface area contributed by atoms with Gasteiger partial charge >= 0.3 is 0 Å². The van der Waals surface area contributed by atoms with E-state index in [4.69, 9.17) is 11.6 Å². The molecule has 4 heteroatoms. The number of halogens is 1. The first-order chi connectivity index (χ1) is 9.22. The van der Waals surface area contributed by atoms with E-state index in [-0.39, 0.29) is 5.25 Å². The zero-order valence-electron chi connectivity index (χ0n) is 11.4. The SMILES string of the molecule is CCNC1CCCCC1S(=O)Cc1ccccc1Cl. The summed E-state index contributed by atoms with van der Waals surface area (Å²) < 4.78 is 12.6. The van der Waals surface area contributed by atoms with Crippen molar-refractivity contribution in [1.29, 1.82) is 0 Å². The van der Waals surface area contributed by atoms with E-state index < -0.39 is 10.8 Å². The molecule has 0 bridgehead atoms. The van der Waals surface area contributed by atoms with Gasteiger partial charge in [0.15, 0.2) is 0 Å². The van der Waals surface area contributed by atoms with Gasteiger partial charge in [-0.25, -0.2) is 0 Å². The summed E-state index contributed by atoms with van der Waals surface area (Å²) in [6, 6.07) is 8.13. The Hall–Kier alpha value is -0.380. The molecule has 3 atom stereocenters. The van der Waals surface area contributed by atoms with Crippen molar-refractivity contribution in [1.82, 2.24) is 5.32 Å². The van der Waals surface area contributed by atoms with Crippen LogP contribution in [0.3, 0.4) is 0 Å². The highest BCUT2D eigenvalue weighted by molar-refractivity contribution is 7.84. The Morgan fingerprint density at radius 2 is 2.05 bits per heavy atom. The largest absolute Gasteiger partial charge is 0.313 e. The molecule has 106 valence electrons. The third-order valence-corrected chi connectivity index (χ3v) is 5.97. The zero-order valence-corrected chi connectivity index (χ0v) is 13.0. The van der Waals surface area contributed by atoms with Gasteiger partial charge in [-0.15, -0.1) is 0 Å². The second-order valence-corrected chi connectivity index (χ2v) is 7.17. The number of rotatable bonds is 5. The van der Waals surface area contributed by atoms with Crippen LogP contribution in [0.4, 0.5) is 0 Å². The van der Waals surface area contributed by atoms with E-state index in [0.29, 0.717) is 11.8 Å². The predicted molar refractivity (Wildman–Crippen MR) is 83.0 cm³/mol. The van der Waals surface area contributed by atoms with Gasteiger partial charge in [-0.1, -0.05) is 49.6 Å². The fourth-order valence-corrected chi connectivity index (χ4v) is 4.87. The van der Waals surface area contributed by atoms with Crippen LogP contribution < -0.4 is 5.32 Å². The highest BCUT2D eigenvalue weighted by Crippen LogP contribution is 2.26. The van der Waals surface area contributed by atoms with Crippen LogP contribution >= 0.6 is 11.6 Å². The minimum atomic E-state index is -0.846. The van der Waals surface area contributed by atoms with Gasteiger partial charge < -0.3 is 5.32 Å². The molecule has 0 radical (unpaired) electrons. The summed E-state index contributed by atoms with van der Waals surface area (Å²) in [5, 5.41) is 4.49. The van der Waals surface area contributed by atoms with Crippen LogP contribution in [0.15, 0.2) is 24.3 Å². The van der Waals surface area contributed by atoms with E-state index in [1.165, 1.54) is 12.8 Å². The lowest BCUT2D eigenvalue weighted by molar-refractivity contribution is 0.385. The van der Waals surface area contributed by atoms with Crippen LogP contribution in [0.5, 0.6) is 0 Å².